The largest absolute Gasteiger partial charge is 0.388 e. The van der Waals surface area contributed by atoms with Crippen LogP contribution in [-0.2, 0) is 6.42 Å². The molecule has 2 aromatic carbocycles. The van der Waals surface area contributed by atoms with Crippen molar-refractivity contribution in [1.29, 1.82) is 0 Å². The Bertz CT molecular complexity index is 784. The van der Waals surface area contributed by atoms with Gasteiger partial charge in [-0.05, 0) is 30.9 Å². The van der Waals surface area contributed by atoms with Crippen LogP contribution in [0.5, 0.6) is 0 Å². The average Bonchev–Trinajstić information content (AvgIpc) is 3.06. The zero-order valence-corrected chi connectivity index (χ0v) is 15.3. The molecule has 0 aliphatic carbocycles. The molecule has 1 atom stereocenters. The minimum atomic E-state index is -0.469. The highest BCUT2D eigenvalue weighted by atomic mass is 16.3. The van der Waals surface area contributed by atoms with Gasteiger partial charge in [0.1, 0.15) is 0 Å². The lowest BCUT2D eigenvalue weighted by atomic mass is 9.68. The van der Waals surface area contributed by atoms with Crippen molar-refractivity contribution in [3.8, 4) is 0 Å². The highest BCUT2D eigenvalue weighted by molar-refractivity contribution is 5.83. The van der Waals surface area contributed by atoms with E-state index in [0.717, 1.165) is 48.6 Å². The number of H-pyrrole nitrogens is 1. The quantitative estimate of drug-likeness (QED) is 0.518. The van der Waals surface area contributed by atoms with Gasteiger partial charge in [0.25, 0.3) is 0 Å². The molecule has 0 saturated carbocycles. The summed E-state index contributed by atoms with van der Waals surface area (Å²) in [7, 11) is 0. The molecule has 1 aromatic heterocycles. The van der Waals surface area contributed by atoms with Gasteiger partial charge in [0.15, 0.2) is 0 Å². The fourth-order valence-electron chi connectivity index (χ4n) is 4.32. The lowest BCUT2D eigenvalue weighted by Gasteiger charge is -2.38. The van der Waals surface area contributed by atoms with Crippen LogP contribution >= 0.6 is 0 Å². The Morgan fingerprint density at radius 2 is 1.56 bits per heavy atom. The van der Waals surface area contributed by atoms with Gasteiger partial charge in [-0.1, -0.05) is 75.2 Å². The van der Waals surface area contributed by atoms with Crippen molar-refractivity contribution in [2.45, 2.75) is 52.1 Å². The first kappa shape index (κ1) is 17.8. The summed E-state index contributed by atoms with van der Waals surface area (Å²) in [6.45, 7) is 4.44. The third-order valence-electron chi connectivity index (χ3n) is 5.39. The summed E-state index contributed by atoms with van der Waals surface area (Å²) in [5.74, 6) is 0. The smallest absolute Gasteiger partial charge is 0.0869 e. The second-order valence-corrected chi connectivity index (χ2v) is 7.22. The highest BCUT2D eigenvalue weighted by Crippen LogP contribution is 2.46. The molecule has 2 nitrogen and oxygen atoms in total. The molecule has 0 amide bonds. The molecule has 1 heterocycles. The summed E-state index contributed by atoms with van der Waals surface area (Å²) in [4.78, 5) is 3.33. The van der Waals surface area contributed by atoms with Crippen LogP contribution in [0.2, 0.25) is 0 Å². The summed E-state index contributed by atoms with van der Waals surface area (Å²) in [5.41, 5.74) is 3.31. The summed E-state index contributed by atoms with van der Waals surface area (Å²) >= 11 is 0. The van der Waals surface area contributed by atoms with Gasteiger partial charge in [0, 0.05) is 28.1 Å². The maximum absolute atomic E-state index is 11.5. The molecule has 0 radical (unpaired) electrons. The fourth-order valence-corrected chi connectivity index (χ4v) is 4.32. The molecule has 0 aliphatic heterocycles. The van der Waals surface area contributed by atoms with Gasteiger partial charge in [0.05, 0.1) is 6.10 Å². The van der Waals surface area contributed by atoms with Crippen LogP contribution in [0.4, 0.5) is 0 Å². The number of para-hydroxylation sites is 1. The first-order valence-electron chi connectivity index (χ1n) is 9.48. The van der Waals surface area contributed by atoms with Gasteiger partial charge < -0.3 is 10.1 Å². The molecule has 0 spiro atoms. The minimum Gasteiger partial charge on any atom is -0.388 e. The van der Waals surface area contributed by atoms with E-state index in [9.17, 15) is 5.11 Å². The van der Waals surface area contributed by atoms with Crippen LogP contribution < -0.4 is 0 Å². The summed E-state index contributed by atoms with van der Waals surface area (Å²) in [5, 5.41) is 12.7. The van der Waals surface area contributed by atoms with Crippen LogP contribution in [0.1, 0.15) is 56.8 Å². The van der Waals surface area contributed by atoms with E-state index < -0.39 is 6.10 Å². The third kappa shape index (κ3) is 3.64. The van der Waals surface area contributed by atoms with Crippen LogP contribution in [0.15, 0.2) is 60.8 Å². The molecular formula is C23H29NO. The molecule has 0 saturated heterocycles. The van der Waals surface area contributed by atoms with Crippen LogP contribution in [0.3, 0.4) is 0 Å². The first-order chi connectivity index (χ1) is 12.2. The van der Waals surface area contributed by atoms with E-state index in [1.54, 1.807) is 0 Å². The molecular weight excluding hydrogens is 306 g/mol. The third-order valence-corrected chi connectivity index (χ3v) is 5.39. The minimum absolute atomic E-state index is 0.129. The van der Waals surface area contributed by atoms with Crippen molar-refractivity contribution in [2.24, 2.45) is 5.41 Å². The van der Waals surface area contributed by atoms with Crippen molar-refractivity contribution < 1.29 is 5.11 Å². The molecule has 2 heteroatoms. The van der Waals surface area contributed by atoms with E-state index in [-0.39, 0.29) is 5.41 Å². The molecule has 0 fully saturated rings. The van der Waals surface area contributed by atoms with Crippen LogP contribution in [0.25, 0.3) is 10.9 Å². The Morgan fingerprint density at radius 1 is 0.920 bits per heavy atom. The maximum Gasteiger partial charge on any atom is 0.0869 e. The molecule has 0 aliphatic rings. The normalized spacial score (nSPS) is 13.2. The van der Waals surface area contributed by atoms with Crippen molar-refractivity contribution in [1.82, 2.24) is 4.98 Å². The summed E-state index contributed by atoms with van der Waals surface area (Å²) < 4.78 is 0. The number of nitrogens with one attached hydrogen (secondary N) is 1. The Kier molecular flexibility index (Phi) is 5.60. The predicted octanol–water partition coefficient (Wildman–Crippen LogP) is 6.03. The number of rotatable bonds is 8. The molecule has 3 aromatic rings. The average molecular weight is 335 g/mol. The molecule has 2 N–H and O–H groups in total. The van der Waals surface area contributed by atoms with Crippen molar-refractivity contribution in [3.05, 3.63) is 71.9 Å². The second-order valence-electron chi connectivity index (χ2n) is 7.22. The molecule has 0 bridgehead atoms. The van der Waals surface area contributed by atoms with E-state index in [1.165, 1.54) is 5.56 Å². The maximum atomic E-state index is 11.5. The number of benzene rings is 2. The van der Waals surface area contributed by atoms with Gasteiger partial charge in [-0.15, -0.1) is 0 Å². The number of aliphatic hydroxyl groups is 1. The fraction of sp³-hybridized carbons (Fsp3) is 0.391. The molecule has 132 valence electrons. The van der Waals surface area contributed by atoms with E-state index in [2.05, 4.69) is 61.3 Å². The number of hydrogen-bond acceptors (Lipinski definition) is 1. The number of aliphatic hydroxyl groups excluding tert-OH is 1. The van der Waals surface area contributed by atoms with Gasteiger partial charge >= 0.3 is 0 Å². The number of fused-ring (bicyclic) bond motifs is 1. The van der Waals surface area contributed by atoms with Crippen molar-refractivity contribution >= 4 is 10.9 Å². The number of hydrogen-bond donors (Lipinski definition) is 2. The standard InChI is InChI=1S/C23H29NO/c1-3-14-23(15-4-2,16-18-10-6-5-7-11-18)22(25)20-17-24-21-13-9-8-12-19(20)21/h5-13,17,22,24-25H,3-4,14-16H2,1-2H3. The van der Waals surface area contributed by atoms with E-state index in [4.69, 9.17) is 0 Å². The Hall–Kier alpha value is -2.06. The van der Waals surface area contributed by atoms with Crippen molar-refractivity contribution in [2.75, 3.05) is 0 Å². The molecule has 25 heavy (non-hydrogen) atoms. The van der Waals surface area contributed by atoms with E-state index in [0.29, 0.717) is 0 Å². The van der Waals surface area contributed by atoms with E-state index >= 15 is 0 Å². The summed E-state index contributed by atoms with van der Waals surface area (Å²) in [6, 6.07) is 18.9. The SMILES string of the molecule is CCCC(CCC)(Cc1ccccc1)C(O)c1c[nH]c2ccccc12. The lowest BCUT2D eigenvalue weighted by Crippen LogP contribution is -2.31. The van der Waals surface area contributed by atoms with Gasteiger partial charge in [-0.2, -0.15) is 0 Å². The van der Waals surface area contributed by atoms with Crippen LogP contribution in [-0.4, -0.2) is 10.1 Å². The zero-order valence-electron chi connectivity index (χ0n) is 15.3. The van der Waals surface area contributed by atoms with Gasteiger partial charge in [-0.25, -0.2) is 0 Å². The monoisotopic (exact) mass is 335 g/mol. The Labute approximate surface area is 150 Å². The van der Waals surface area contributed by atoms with Crippen LogP contribution in [0, 0.1) is 5.41 Å². The Balaban J connectivity index is 2.02. The topological polar surface area (TPSA) is 36.0 Å². The lowest BCUT2D eigenvalue weighted by molar-refractivity contribution is 0.00816. The number of aromatic amines is 1. The number of aromatic nitrogens is 1. The van der Waals surface area contributed by atoms with Gasteiger partial charge in [0.2, 0.25) is 0 Å². The molecule has 3 rings (SSSR count). The zero-order chi connectivity index (χ0) is 17.7. The van der Waals surface area contributed by atoms with E-state index in [1.807, 2.05) is 18.3 Å². The first-order valence-corrected chi connectivity index (χ1v) is 9.48. The second kappa shape index (κ2) is 7.88. The molecule has 1 unspecified atom stereocenters. The predicted molar refractivity (Wildman–Crippen MR) is 106 cm³/mol. The Morgan fingerprint density at radius 3 is 2.24 bits per heavy atom. The summed E-state index contributed by atoms with van der Waals surface area (Å²) in [6.07, 6.45) is 6.64. The van der Waals surface area contributed by atoms with Crippen molar-refractivity contribution in [3.63, 3.8) is 0 Å². The highest BCUT2D eigenvalue weighted by Gasteiger charge is 2.38. The van der Waals surface area contributed by atoms with Gasteiger partial charge in [-0.3, -0.25) is 0 Å².